The van der Waals surface area contributed by atoms with Crippen molar-refractivity contribution in [3.63, 3.8) is 0 Å². The van der Waals surface area contributed by atoms with Crippen molar-refractivity contribution in [3.8, 4) is 0 Å². The third-order valence-corrected chi connectivity index (χ3v) is 3.11. The Labute approximate surface area is 133 Å². The van der Waals surface area contributed by atoms with E-state index in [1.807, 2.05) is 25.1 Å². The number of anilines is 3. The molecule has 6 heteroatoms. The molecule has 2 N–H and O–H groups in total. The maximum absolute atomic E-state index is 13.2. The van der Waals surface area contributed by atoms with Gasteiger partial charge in [-0.05, 0) is 37.3 Å². The van der Waals surface area contributed by atoms with E-state index >= 15 is 0 Å². The first-order valence-electron chi connectivity index (χ1n) is 7.21. The zero-order chi connectivity index (χ0) is 16.1. The summed E-state index contributed by atoms with van der Waals surface area (Å²) in [7, 11) is 0. The van der Waals surface area contributed by atoms with Crippen LogP contribution in [0.25, 0.3) is 0 Å². The molecule has 0 aliphatic carbocycles. The first-order chi connectivity index (χ1) is 11.2. The molecule has 0 bridgehead atoms. The van der Waals surface area contributed by atoms with Gasteiger partial charge in [0.15, 0.2) is 0 Å². The lowest BCUT2D eigenvalue weighted by Gasteiger charge is -2.10. The van der Waals surface area contributed by atoms with Crippen molar-refractivity contribution in [2.24, 2.45) is 0 Å². The number of pyridine rings is 1. The lowest BCUT2D eigenvalue weighted by molar-refractivity contribution is 0.628. The summed E-state index contributed by atoms with van der Waals surface area (Å²) in [5.41, 5.74) is 2.35. The highest BCUT2D eigenvalue weighted by atomic mass is 19.1. The SMILES string of the molecule is Cc1cc(Nc2cccc(F)c2)nc(NCc2ccccn2)n1. The number of benzene rings is 1. The van der Waals surface area contributed by atoms with Crippen LogP contribution in [0.2, 0.25) is 0 Å². The van der Waals surface area contributed by atoms with Gasteiger partial charge >= 0.3 is 0 Å². The molecule has 1 aromatic carbocycles. The van der Waals surface area contributed by atoms with Crippen molar-refractivity contribution in [3.05, 3.63) is 71.9 Å². The number of nitrogens with one attached hydrogen (secondary N) is 2. The highest BCUT2D eigenvalue weighted by molar-refractivity contribution is 5.57. The standard InChI is InChI=1S/C17H16FN5/c1-12-9-16(22-14-7-4-5-13(18)10-14)23-17(21-12)20-11-15-6-2-3-8-19-15/h2-10H,11H2,1H3,(H2,20,21,22,23). The van der Waals surface area contributed by atoms with Crippen LogP contribution in [0.4, 0.5) is 21.8 Å². The number of aryl methyl sites for hydroxylation is 1. The Balaban J connectivity index is 1.73. The van der Waals surface area contributed by atoms with E-state index in [9.17, 15) is 4.39 Å². The minimum atomic E-state index is -0.297. The number of aromatic nitrogens is 3. The van der Waals surface area contributed by atoms with Crippen LogP contribution >= 0.6 is 0 Å². The molecule has 0 fully saturated rings. The summed E-state index contributed by atoms with van der Waals surface area (Å²) in [5.74, 6) is 0.801. The van der Waals surface area contributed by atoms with E-state index in [0.717, 1.165) is 11.4 Å². The molecule has 23 heavy (non-hydrogen) atoms. The molecule has 5 nitrogen and oxygen atoms in total. The van der Waals surface area contributed by atoms with Crippen LogP contribution in [0.3, 0.4) is 0 Å². The van der Waals surface area contributed by atoms with Crippen LogP contribution < -0.4 is 10.6 Å². The lowest BCUT2D eigenvalue weighted by Crippen LogP contribution is -2.07. The molecule has 0 unspecified atom stereocenters. The summed E-state index contributed by atoms with van der Waals surface area (Å²) in [5, 5.41) is 6.22. The quantitative estimate of drug-likeness (QED) is 0.753. The molecule has 0 amide bonds. The Morgan fingerprint density at radius 1 is 1.04 bits per heavy atom. The van der Waals surface area contributed by atoms with Gasteiger partial charge < -0.3 is 10.6 Å². The smallest absolute Gasteiger partial charge is 0.225 e. The van der Waals surface area contributed by atoms with Crippen LogP contribution in [0, 0.1) is 12.7 Å². The van der Waals surface area contributed by atoms with Crippen LogP contribution in [0.5, 0.6) is 0 Å². The number of hydrogen-bond donors (Lipinski definition) is 2. The van der Waals surface area contributed by atoms with Gasteiger partial charge in [-0.25, -0.2) is 9.37 Å². The molecular weight excluding hydrogens is 293 g/mol. The van der Waals surface area contributed by atoms with Gasteiger partial charge in [-0.15, -0.1) is 0 Å². The summed E-state index contributed by atoms with van der Waals surface area (Å²) in [4.78, 5) is 13.0. The molecule has 0 atom stereocenters. The number of nitrogens with zero attached hydrogens (tertiary/aromatic N) is 3. The Bertz CT molecular complexity index is 792. The highest BCUT2D eigenvalue weighted by Gasteiger charge is 2.04. The van der Waals surface area contributed by atoms with Gasteiger partial charge in [0, 0.05) is 23.6 Å². The first-order valence-corrected chi connectivity index (χ1v) is 7.21. The van der Waals surface area contributed by atoms with Gasteiger partial charge in [-0.1, -0.05) is 12.1 Å². The van der Waals surface area contributed by atoms with E-state index in [0.29, 0.717) is 24.0 Å². The fraction of sp³-hybridized carbons (Fsp3) is 0.118. The van der Waals surface area contributed by atoms with Crippen LogP contribution in [0.1, 0.15) is 11.4 Å². The molecule has 116 valence electrons. The average molecular weight is 309 g/mol. The van der Waals surface area contributed by atoms with E-state index in [-0.39, 0.29) is 5.82 Å². The summed E-state index contributed by atoms with van der Waals surface area (Å²) in [6.45, 7) is 2.41. The zero-order valence-electron chi connectivity index (χ0n) is 12.6. The molecule has 0 saturated carbocycles. The Morgan fingerprint density at radius 2 is 1.96 bits per heavy atom. The van der Waals surface area contributed by atoms with Gasteiger partial charge in [-0.3, -0.25) is 4.98 Å². The van der Waals surface area contributed by atoms with Crippen LogP contribution in [0.15, 0.2) is 54.7 Å². The molecule has 3 rings (SSSR count). The Morgan fingerprint density at radius 3 is 2.74 bits per heavy atom. The Kier molecular flexibility index (Phi) is 4.42. The maximum Gasteiger partial charge on any atom is 0.225 e. The zero-order valence-corrected chi connectivity index (χ0v) is 12.6. The second kappa shape index (κ2) is 6.83. The second-order valence-electron chi connectivity index (χ2n) is 5.03. The first kappa shape index (κ1) is 14.9. The van der Waals surface area contributed by atoms with Crippen LogP contribution in [-0.2, 0) is 6.54 Å². The lowest BCUT2D eigenvalue weighted by atomic mass is 10.3. The summed E-state index contributed by atoms with van der Waals surface area (Å²) in [6.07, 6.45) is 1.74. The van der Waals surface area contributed by atoms with Gasteiger partial charge in [0.05, 0.1) is 12.2 Å². The summed E-state index contributed by atoms with van der Waals surface area (Å²) in [6, 6.07) is 13.8. The van der Waals surface area contributed by atoms with Crippen molar-refractivity contribution in [2.75, 3.05) is 10.6 Å². The minimum absolute atomic E-state index is 0.297. The molecule has 2 aromatic heterocycles. The van der Waals surface area contributed by atoms with E-state index in [4.69, 9.17) is 0 Å². The largest absolute Gasteiger partial charge is 0.349 e. The van der Waals surface area contributed by atoms with Gasteiger partial charge in [0.25, 0.3) is 0 Å². The fourth-order valence-corrected chi connectivity index (χ4v) is 2.10. The summed E-state index contributed by atoms with van der Waals surface area (Å²) < 4.78 is 13.2. The molecule has 0 spiro atoms. The maximum atomic E-state index is 13.2. The molecule has 0 saturated heterocycles. The fourth-order valence-electron chi connectivity index (χ4n) is 2.10. The van der Waals surface area contributed by atoms with Crippen molar-refractivity contribution in [2.45, 2.75) is 13.5 Å². The van der Waals surface area contributed by atoms with E-state index in [2.05, 4.69) is 25.6 Å². The monoisotopic (exact) mass is 309 g/mol. The van der Waals surface area contributed by atoms with Crippen molar-refractivity contribution >= 4 is 17.5 Å². The third-order valence-electron chi connectivity index (χ3n) is 3.11. The van der Waals surface area contributed by atoms with E-state index in [1.165, 1.54) is 12.1 Å². The van der Waals surface area contributed by atoms with Crippen LogP contribution in [-0.4, -0.2) is 15.0 Å². The minimum Gasteiger partial charge on any atom is -0.349 e. The van der Waals surface area contributed by atoms with Crippen molar-refractivity contribution in [1.82, 2.24) is 15.0 Å². The molecule has 0 aliphatic heterocycles. The normalized spacial score (nSPS) is 10.3. The molecular formula is C17H16FN5. The summed E-state index contributed by atoms with van der Waals surface area (Å²) >= 11 is 0. The number of hydrogen-bond acceptors (Lipinski definition) is 5. The number of rotatable bonds is 5. The van der Waals surface area contributed by atoms with E-state index < -0.39 is 0 Å². The van der Waals surface area contributed by atoms with Gasteiger partial charge in [0.1, 0.15) is 11.6 Å². The Hall–Kier alpha value is -3.02. The van der Waals surface area contributed by atoms with Crippen molar-refractivity contribution < 1.29 is 4.39 Å². The van der Waals surface area contributed by atoms with Gasteiger partial charge in [0.2, 0.25) is 5.95 Å². The second-order valence-corrected chi connectivity index (χ2v) is 5.03. The molecule has 0 radical (unpaired) electrons. The van der Waals surface area contributed by atoms with Gasteiger partial charge in [-0.2, -0.15) is 4.98 Å². The average Bonchev–Trinajstić information content (AvgIpc) is 2.53. The molecule has 3 aromatic rings. The third kappa shape index (κ3) is 4.23. The predicted molar refractivity (Wildman–Crippen MR) is 88.0 cm³/mol. The topological polar surface area (TPSA) is 62.7 Å². The molecule has 0 aliphatic rings. The predicted octanol–water partition coefficient (Wildman–Crippen LogP) is 3.67. The van der Waals surface area contributed by atoms with E-state index in [1.54, 1.807) is 24.4 Å². The van der Waals surface area contributed by atoms with Crippen molar-refractivity contribution in [1.29, 1.82) is 0 Å². The molecule has 2 heterocycles. The number of halogens is 1. The highest BCUT2D eigenvalue weighted by Crippen LogP contribution is 2.17.